The van der Waals surface area contributed by atoms with Crippen LogP contribution in [0.3, 0.4) is 0 Å². The minimum Gasteiger partial charge on any atom is -0.480 e. The quantitative estimate of drug-likeness (QED) is 0.613. The highest BCUT2D eigenvalue weighted by atomic mass is 19.1. The van der Waals surface area contributed by atoms with Gasteiger partial charge in [-0.2, -0.15) is 0 Å². The molecule has 4 heteroatoms. The SMILES string of the molecule is C[C@](N)(CCCF)C(=O)O. The molecule has 1 atom stereocenters. The van der Waals surface area contributed by atoms with Crippen LogP contribution in [0.5, 0.6) is 0 Å². The highest BCUT2D eigenvalue weighted by Crippen LogP contribution is 2.08. The van der Waals surface area contributed by atoms with Gasteiger partial charge in [-0.25, -0.2) is 0 Å². The van der Waals surface area contributed by atoms with E-state index in [1.807, 2.05) is 0 Å². The Morgan fingerprint density at radius 3 is 2.60 bits per heavy atom. The predicted octanol–water partition coefficient (Wildman–Crippen LogP) is 0.538. The van der Waals surface area contributed by atoms with Crippen molar-refractivity contribution >= 4 is 5.97 Å². The number of carboxylic acids is 1. The number of nitrogens with two attached hydrogens (primary N) is 1. The van der Waals surface area contributed by atoms with E-state index in [2.05, 4.69) is 0 Å². The van der Waals surface area contributed by atoms with Crippen LogP contribution in [0.2, 0.25) is 0 Å². The van der Waals surface area contributed by atoms with E-state index in [1.54, 1.807) is 0 Å². The highest BCUT2D eigenvalue weighted by Gasteiger charge is 2.26. The van der Waals surface area contributed by atoms with E-state index in [4.69, 9.17) is 10.8 Å². The fourth-order valence-corrected chi connectivity index (χ4v) is 0.541. The van der Waals surface area contributed by atoms with E-state index in [0.717, 1.165) is 0 Å². The summed E-state index contributed by atoms with van der Waals surface area (Å²) in [5, 5.41) is 8.42. The average Bonchev–Trinajstić information content (AvgIpc) is 1.84. The number of rotatable bonds is 4. The lowest BCUT2D eigenvalue weighted by Crippen LogP contribution is -2.44. The fourth-order valence-electron chi connectivity index (χ4n) is 0.541. The summed E-state index contributed by atoms with van der Waals surface area (Å²) in [5.41, 5.74) is 4.01. The number of carboxylic acid groups (broad SMARTS) is 1. The van der Waals surface area contributed by atoms with Crippen molar-refractivity contribution in [3.05, 3.63) is 0 Å². The lowest BCUT2D eigenvalue weighted by atomic mass is 9.98. The molecule has 0 unspecified atom stereocenters. The molecule has 3 nitrogen and oxygen atoms in total. The van der Waals surface area contributed by atoms with Crippen molar-refractivity contribution in [3.8, 4) is 0 Å². The van der Waals surface area contributed by atoms with Crippen molar-refractivity contribution in [3.63, 3.8) is 0 Å². The van der Waals surface area contributed by atoms with E-state index in [-0.39, 0.29) is 12.8 Å². The summed E-state index contributed by atoms with van der Waals surface area (Å²) in [7, 11) is 0. The zero-order valence-electron chi connectivity index (χ0n) is 5.93. The number of hydrogen-bond acceptors (Lipinski definition) is 2. The Labute approximate surface area is 59.0 Å². The molecule has 0 spiro atoms. The first-order valence-electron chi connectivity index (χ1n) is 3.09. The first-order valence-corrected chi connectivity index (χ1v) is 3.09. The van der Waals surface area contributed by atoms with E-state index >= 15 is 0 Å². The average molecular weight is 149 g/mol. The van der Waals surface area contributed by atoms with Gasteiger partial charge in [0.1, 0.15) is 5.54 Å². The van der Waals surface area contributed by atoms with Gasteiger partial charge in [-0.15, -0.1) is 0 Å². The zero-order chi connectivity index (χ0) is 8.20. The van der Waals surface area contributed by atoms with Crippen LogP contribution in [-0.4, -0.2) is 23.3 Å². The minimum atomic E-state index is -1.27. The van der Waals surface area contributed by atoms with Gasteiger partial charge >= 0.3 is 5.97 Å². The summed E-state index contributed by atoms with van der Waals surface area (Å²) >= 11 is 0. The summed E-state index contributed by atoms with van der Waals surface area (Å²) < 4.78 is 11.5. The Morgan fingerprint density at radius 1 is 1.80 bits per heavy atom. The molecule has 0 aliphatic rings. The van der Waals surface area contributed by atoms with Gasteiger partial charge in [-0.05, 0) is 19.8 Å². The molecule has 0 aliphatic heterocycles. The lowest BCUT2D eigenvalue weighted by Gasteiger charge is -2.17. The Kier molecular flexibility index (Phi) is 3.28. The molecule has 3 N–H and O–H groups in total. The van der Waals surface area contributed by atoms with Crippen LogP contribution in [0.4, 0.5) is 4.39 Å². The van der Waals surface area contributed by atoms with Gasteiger partial charge in [-0.1, -0.05) is 0 Å². The van der Waals surface area contributed by atoms with Crippen molar-refractivity contribution in [1.29, 1.82) is 0 Å². The molecule has 0 aromatic rings. The number of hydrogen-bond donors (Lipinski definition) is 2. The molecule has 0 heterocycles. The molecule has 0 aromatic heterocycles. The molecule has 0 aliphatic carbocycles. The second-order valence-electron chi connectivity index (χ2n) is 2.52. The topological polar surface area (TPSA) is 63.3 Å². The zero-order valence-corrected chi connectivity index (χ0v) is 5.93. The first-order chi connectivity index (χ1) is 4.50. The van der Waals surface area contributed by atoms with Crippen LogP contribution in [0.15, 0.2) is 0 Å². The van der Waals surface area contributed by atoms with Crippen LogP contribution in [-0.2, 0) is 4.79 Å². The molecule has 0 amide bonds. The third-order valence-electron chi connectivity index (χ3n) is 1.32. The van der Waals surface area contributed by atoms with Crippen LogP contribution in [0.1, 0.15) is 19.8 Å². The van der Waals surface area contributed by atoms with Crippen LogP contribution < -0.4 is 5.73 Å². The van der Waals surface area contributed by atoms with Gasteiger partial charge in [0.2, 0.25) is 0 Å². The Bertz CT molecular complexity index is 125. The largest absolute Gasteiger partial charge is 0.480 e. The minimum absolute atomic E-state index is 0.179. The Balaban J connectivity index is 3.75. The molecule has 0 saturated carbocycles. The normalized spacial score (nSPS) is 16.3. The smallest absolute Gasteiger partial charge is 0.323 e. The Morgan fingerprint density at radius 2 is 2.30 bits per heavy atom. The third kappa shape index (κ3) is 2.77. The van der Waals surface area contributed by atoms with Crippen LogP contribution in [0, 0.1) is 0 Å². The molecular formula is C6H12FNO2. The first kappa shape index (κ1) is 9.36. The molecule has 10 heavy (non-hydrogen) atoms. The van der Waals surface area contributed by atoms with Crippen molar-refractivity contribution < 1.29 is 14.3 Å². The van der Waals surface area contributed by atoms with Gasteiger partial charge in [0.25, 0.3) is 0 Å². The van der Waals surface area contributed by atoms with Crippen molar-refractivity contribution in [1.82, 2.24) is 0 Å². The fraction of sp³-hybridized carbons (Fsp3) is 0.833. The van der Waals surface area contributed by atoms with Gasteiger partial charge in [-0.3, -0.25) is 9.18 Å². The molecule has 60 valence electrons. The molecular weight excluding hydrogens is 137 g/mol. The van der Waals surface area contributed by atoms with Gasteiger partial charge in [0, 0.05) is 0 Å². The number of aliphatic carboxylic acids is 1. The second-order valence-corrected chi connectivity index (χ2v) is 2.52. The third-order valence-corrected chi connectivity index (χ3v) is 1.32. The van der Waals surface area contributed by atoms with Gasteiger partial charge in [0.05, 0.1) is 6.67 Å². The summed E-state index contributed by atoms with van der Waals surface area (Å²) in [6.07, 6.45) is 0.387. The summed E-state index contributed by atoms with van der Waals surface area (Å²) in [5.74, 6) is -1.08. The molecule has 0 bridgehead atoms. The maximum absolute atomic E-state index is 11.5. The summed E-state index contributed by atoms with van der Waals surface area (Å²) in [6, 6.07) is 0. The van der Waals surface area contributed by atoms with Crippen molar-refractivity contribution in [2.45, 2.75) is 25.3 Å². The Hall–Kier alpha value is -0.640. The second kappa shape index (κ2) is 3.51. The summed E-state index contributed by atoms with van der Waals surface area (Å²) in [6.45, 7) is 0.866. The number of halogens is 1. The molecule has 0 rings (SSSR count). The van der Waals surface area contributed by atoms with E-state index < -0.39 is 18.2 Å². The lowest BCUT2D eigenvalue weighted by molar-refractivity contribution is -0.142. The van der Waals surface area contributed by atoms with Crippen LogP contribution >= 0.6 is 0 Å². The standard InChI is InChI=1S/C6H12FNO2/c1-6(8,5(9)10)3-2-4-7/h2-4,8H2,1H3,(H,9,10)/t6-/m0/s1. The number of carbonyl (C=O) groups is 1. The molecule has 0 radical (unpaired) electrons. The maximum atomic E-state index is 11.5. The number of alkyl halides is 1. The predicted molar refractivity (Wildman–Crippen MR) is 35.4 cm³/mol. The van der Waals surface area contributed by atoms with Crippen LogP contribution in [0.25, 0.3) is 0 Å². The van der Waals surface area contributed by atoms with Crippen molar-refractivity contribution in [2.24, 2.45) is 5.73 Å². The van der Waals surface area contributed by atoms with Gasteiger partial charge < -0.3 is 10.8 Å². The highest BCUT2D eigenvalue weighted by molar-refractivity contribution is 5.77. The molecule has 0 aromatic carbocycles. The van der Waals surface area contributed by atoms with E-state index in [9.17, 15) is 9.18 Å². The van der Waals surface area contributed by atoms with Gasteiger partial charge in [0.15, 0.2) is 0 Å². The van der Waals surface area contributed by atoms with E-state index in [1.165, 1.54) is 6.92 Å². The van der Waals surface area contributed by atoms with Crippen molar-refractivity contribution in [2.75, 3.05) is 6.67 Å². The summed E-state index contributed by atoms with van der Waals surface area (Å²) in [4.78, 5) is 10.3. The molecule has 0 fully saturated rings. The molecule has 0 saturated heterocycles. The maximum Gasteiger partial charge on any atom is 0.323 e. The van der Waals surface area contributed by atoms with E-state index in [0.29, 0.717) is 0 Å². The monoisotopic (exact) mass is 149 g/mol.